The zero-order chi connectivity index (χ0) is 24.3. The van der Waals surface area contributed by atoms with E-state index in [9.17, 15) is 18.0 Å². The number of halogens is 4. The Morgan fingerprint density at radius 3 is 2.51 bits per heavy atom. The number of carbonyl (C=O) groups is 1. The van der Waals surface area contributed by atoms with Crippen LogP contribution >= 0.6 is 12.4 Å². The first-order valence-electron chi connectivity index (χ1n) is 10.9. The molecule has 1 unspecified atom stereocenters. The SMILES string of the molecule is COc1cccc([C@@H](C)NCC2CN(C(=O)c3ccc(C(F)(F)F)cc3)c3ccccc3O2)c1.Cl. The number of alkyl halides is 3. The Labute approximate surface area is 208 Å². The first kappa shape index (κ1) is 26.4. The quantitative estimate of drug-likeness (QED) is 0.452. The van der Waals surface area contributed by atoms with Gasteiger partial charge in [0.15, 0.2) is 0 Å². The Kier molecular flexibility index (Phi) is 8.30. The normalized spacial score (nSPS) is 15.9. The zero-order valence-corrected chi connectivity index (χ0v) is 20.0. The van der Waals surface area contributed by atoms with Crippen LogP contribution in [-0.4, -0.2) is 32.2 Å². The molecule has 0 spiro atoms. The van der Waals surface area contributed by atoms with E-state index >= 15 is 0 Å². The van der Waals surface area contributed by atoms with Crippen LogP contribution in [0.2, 0.25) is 0 Å². The topological polar surface area (TPSA) is 50.8 Å². The molecule has 35 heavy (non-hydrogen) atoms. The summed E-state index contributed by atoms with van der Waals surface area (Å²) in [7, 11) is 1.62. The average Bonchev–Trinajstić information content (AvgIpc) is 2.86. The summed E-state index contributed by atoms with van der Waals surface area (Å²) < 4.78 is 50.1. The van der Waals surface area contributed by atoms with Crippen LogP contribution in [0.4, 0.5) is 18.9 Å². The van der Waals surface area contributed by atoms with Crippen molar-refractivity contribution in [3.63, 3.8) is 0 Å². The second kappa shape index (κ2) is 11.0. The van der Waals surface area contributed by atoms with Crippen molar-refractivity contribution in [3.05, 3.63) is 89.5 Å². The van der Waals surface area contributed by atoms with Gasteiger partial charge in [0.25, 0.3) is 5.91 Å². The van der Waals surface area contributed by atoms with Gasteiger partial charge >= 0.3 is 6.18 Å². The molecule has 3 aromatic rings. The monoisotopic (exact) mass is 506 g/mol. The molecule has 3 aromatic carbocycles. The summed E-state index contributed by atoms with van der Waals surface area (Å²) in [6.07, 6.45) is -4.80. The van der Waals surface area contributed by atoms with Gasteiger partial charge in [0.2, 0.25) is 0 Å². The summed E-state index contributed by atoms with van der Waals surface area (Å²) in [6, 6.07) is 19.2. The van der Waals surface area contributed by atoms with E-state index in [1.807, 2.05) is 37.3 Å². The maximum atomic E-state index is 13.3. The number of anilines is 1. The van der Waals surface area contributed by atoms with Gasteiger partial charge in [-0.15, -0.1) is 12.4 Å². The number of ether oxygens (including phenoxy) is 2. The first-order chi connectivity index (χ1) is 16.3. The Morgan fingerprint density at radius 2 is 1.83 bits per heavy atom. The van der Waals surface area contributed by atoms with Crippen LogP contribution in [0.1, 0.15) is 34.5 Å². The van der Waals surface area contributed by atoms with Gasteiger partial charge in [0.1, 0.15) is 17.6 Å². The van der Waals surface area contributed by atoms with E-state index in [1.165, 1.54) is 12.1 Å². The molecule has 2 atom stereocenters. The van der Waals surface area contributed by atoms with Crippen molar-refractivity contribution >= 4 is 24.0 Å². The van der Waals surface area contributed by atoms with E-state index in [0.717, 1.165) is 23.4 Å². The molecule has 1 heterocycles. The predicted octanol–water partition coefficient (Wildman–Crippen LogP) is 5.89. The van der Waals surface area contributed by atoms with Crippen LogP contribution in [0.3, 0.4) is 0 Å². The lowest BCUT2D eigenvalue weighted by atomic mass is 10.1. The summed E-state index contributed by atoms with van der Waals surface area (Å²) in [5.41, 5.74) is 1.03. The molecule has 1 aliphatic rings. The fourth-order valence-electron chi connectivity index (χ4n) is 3.89. The molecule has 1 aliphatic heterocycles. The number of fused-ring (bicyclic) bond motifs is 1. The highest BCUT2D eigenvalue weighted by Gasteiger charge is 2.33. The third-order valence-corrected chi connectivity index (χ3v) is 5.79. The highest BCUT2D eigenvalue weighted by molar-refractivity contribution is 6.07. The Morgan fingerprint density at radius 1 is 1.11 bits per heavy atom. The van der Waals surface area contributed by atoms with Crippen molar-refractivity contribution in [2.24, 2.45) is 0 Å². The Bertz CT molecular complexity index is 1160. The van der Waals surface area contributed by atoms with Gasteiger partial charge in [0.05, 0.1) is 24.9 Å². The van der Waals surface area contributed by atoms with Crippen LogP contribution < -0.4 is 19.7 Å². The summed E-state index contributed by atoms with van der Waals surface area (Å²) in [5.74, 6) is 0.937. The van der Waals surface area contributed by atoms with Crippen molar-refractivity contribution in [3.8, 4) is 11.5 Å². The van der Waals surface area contributed by atoms with Crippen LogP contribution in [-0.2, 0) is 6.18 Å². The molecule has 4 rings (SSSR count). The number of hydrogen-bond acceptors (Lipinski definition) is 4. The van der Waals surface area contributed by atoms with E-state index in [0.29, 0.717) is 18.0 Å². The van der Waals surface area contributed by atoms with Crippen LogP contribution in [0.25, 0.3) is 0 Å². The third-order valence-electron chi connectivity index (χ3n) is 5.79. The number of benzene rings is 3. The number of nitrogens with zero attached hydrogens (tertiary/aromatic N) is 1. The highest BCUT2D eigenvalue weighted by Crippen LogP contribution is 2.35. The second-order valence-corrected chi connectivity index (χ2v) is 8.11. The summed E-state index contributed by atoms with van der Waals surface area (Å²) in [5, 5.41) is 3.43. The number of hydrogen-bond donors (Lipinski definition) is 1. The van der Waals surface area contributed by atoms with Crippen molar-refractivity contribution in [2.45, 2.75) is 25.2 Å². The van der Waals surface area contributed by atoms with Crippen molar-refractivity contribution in [1.82, 2.24) is 5.32 Å². The molecule has 0 aliphatic carbocycles. The molecule has 1 N–H and O–H groups in total. The van der Waals surface area contributed by atoms with Crippen molar-refractivity contribution in [1.29, 1.82) is 0 Å². The lowest BCUT2D eigenvalue weighted by Crippen LogP contribution is -2.48. The highest BCUT2D eigenvalue weighted by atomic mass is 35.5. The predicted molar refractivity (Wildman–Crippen MR) is 131 cm³/mol. The molecular formula is C26H26ClF3N2O3. The number of methoxy groups -OCH3 is 1. The molecule has 0 bridgehead atoms. The van der Waals surface area contributed by atoms with E-state index in [2.05, 4.69) is 5.32 Å². The lowest BCUT2D eigenvalue weighted by Gasteiger charge is -2.35. The molecular weight excluding hydrogens is 481 g/mol. The van der Waals surface area contributed by atoms with Gasteiger partial charge in [-0.25, -0.2) is 0 Å². The molecule has 0 fully saturated rings. The van der Waals surface area contributed by atoms with Crippen molar-refractivity contribution in [2.75, 3.05) is 25.1 Å². The van der Waals surface area contributed by atoms with Gasteiger partial charge in [0, 0.05) is 18.2 Å². The molecule has 0 saturated carbocycles. The van der Waals surface area contributed by atoms with Gasteiger partial charge in [-0.2, -0.15) is 13.2 Å². The minimum atomic E-state index is -4.45. The lowest BCUT2D eigenvalue weighted by molar-refractivity contribution is -0.137. The van der Waals surface area contributed by atoms with E-state index < -0.39 is 11.7 Å². The standard InChI is InChI=1S/C26H25F3N2O3.ClH/c1-17(19-6-5-7-21(14-19)33-2)30-15-22-16-31(23-8-3-4-9-24(23)34-22)25(32)18-10-12-20(13-11-18)26(27,28)29;/h3-14,17,22,30H,15-16H2,1-2H3;1H/t17-,22?;/m1./s1. The zero-order valence-electron chi connectivity index (χ0n) is 19.2. The fourth-order valence-corrected chi connectivity index (χ4v) is 3.89. The van der Waals surface area contributed by atoms with Crippen LogP contribution in [0.15, 0.2) is 72.8 Å². The molecule has 0 radical (unpaired) electrons. The minimum Gasteiger partial charge on any atom is -0.497 e. The number of carbonyl (C=O) groups excluding carboxylic acids is 1. The average molecular weight is 507 g/mol. The van der Waals surface area contributed by atoms with Crippen LogP contribution in [0, 0.1) is 0 Å². The van der Waals surface area contributed by atoms with E-state index in [4.69, 9.17) is 9.47 Å². The maximum Gasteiger partial charge on any atom is 0.416 e. The second-order valence-electron chi connectivity index (χ2n) is 8.11. The summed E-state index contributed by atoms with van der Waals surface area (Å²) >= 11 is 0. The minimum absolute atomic E-state index is 0. The Balaban J connectivity index is 0.00000342. The largest absolute Gasteiger partial charge is 0.497 e. The van der Waals surface area contributed by atoms with Gasteiger partial charge in [-0.1, -0.05) is 24.3 Å². The maximum absolute atomic E-state index is 13.3. The fraction of sp³-hybridized carbons (Fsp3) is 0.269. The van der Waals surface area contributed by atoms with Gasteiger partial charge < -0.3 is 19.7 Å². The smallest absolute Gasteiger partial charge is 0.416 e. The number of rotatable bonds is 6. The molecule has 9 heteroatoms. The third kappa shape index (κ3) is 6.07. The van der Waals surface area contributed by atoms with Crippen LogP contribution in [0.5, 0.6) is 11.5 Å². The molecule has 186 valence electrons. The molecule has 0 saturated heterocycles. The van der Waals surface area contributed by atoms with Crippen molar-refractivity contribution < 1.29 is 27.4 Å². The summed E-state index contributed by atoms with van der Waals surface area (Å²) in [6.45, 7) is 2.74. The first-order valence-corrected chi connectivity index (χ1v) is 10.9. The van der Waals surface area contributed by atoms with Gasteiger partial charge in [-0.05, 0) is 61.0 Å². The number of nitrogens with one attached hydrogen (secondary N) is 1. The number of amides is 1. The molecule has 0 aromatic heterocycles. The number of para-hydroxylation sites is 2. The van der Waals surface area contributed by atoms with E-state index in [-0.39, 0.29) is 42.6 Å². The molecule has 1 amide bonds. The summed E-state index contributed by atoms with van der Waals surface area (Å²) in [4.78, 5) is 14.8. The van der Waals surface area contributed by atoms with E-state index in [1.54, 1.807) is 30.2 Å². The molecule has 5 nitrogen and oxygen atoms in total. The van der Waals surface area contributed by atoms with Gasteiger partial charge in [-0.3, -0.25) is 4.79 Å². The Hall–Kier alpha value is -3.23.